The molecule has 0 aliphatic heterocycles. The number of hydrogen-bond donors (Lipinski definition) is 0. The fraction of sp³-hybridized carbons (Fsp3) is 0.231. The lowest BCUT2D eigenvalue weighted by molar-refractivity contribution is -0.274. The number of thiazole rings is 1. The normalized spacial score (nSPS) is 11.3. The van der Waals surface area contributed by atoms with Crippen molar-refractivity contribution in [3.63, 3.8) is 0 Å². The predicted molar refractivity (Wildman–Crippen MR) is 70.3 cm³/mol. The Morgan fingerprint density at radius 2 is 1.95 bits per heavy atom. The molecule has 4 nitrogen and oxygen atoms in total. The molecule has 0 saturated heterocycles. The number of aryl methyl sites for hydroxylation is 1. The Hall–Kier alpha value is -2.09. The SMILES string of the molecule is COC(=O)c1nc(-c2ccccc2OC(F)(F)F)sc1C. The van der Waals surface area contributed by atoms with Crippen LogP contribution >= 0.6 is 11.3 Å². The number of benzene rings is 1. The van der Waals surface area contributed by atoms with E-state index in [1.807, 2.05) is 0 Å². The molecule has 0 unspecified atom stereocenters. The largest absolute Gasteiger partial charge is 0.573 e. The van der Waals surface area contributed by atoms with E-state index in [-0.39, 0.29) is 22.0 Å². The molecule has 0 fully saturated rings. The van der Waals surface area contributed by atoms with E-state index in [2.05, 4.69) is 14.5 Å². The van der Waals surface area contributed by atoms with Gasteiger partial charge in [0, 0.05) is 4.88 Å². The Kier molecular flexibility index (Phi) is 4.17. The van der Waals surface area contributed by atoms with Crippen molar-refractivity contribution in [2.24, 2.45) is 0 Å². The first kappa shape index (κ1) is 15.3. The summed E-state index contributed by atoms with van der Waals surface area (Å²) >= 11 is 1.09. The second kappa shape index (κ2) is 5.72. The molecule has 0 radical (unpaired) electrons. The standard InChI is InChI=1S/C13H10F3NO3S/c1-7-10(12(18)19-2)17-11(21-7)8-5-3-4-6-9(8)20-13(14,15)16/h3-6H,1-2H3. The van der Waals surface area contributed by atoms with Crippen LogP contribution < -0.4 is 4.74 Å². The molecule has 2 rings (SSSR count). The molecule has 21 heavy (non-hydrogen) atoms. The van der Waals surface area contributed by atoms with Crippen molar-refractivity contribution in [1.82, 2.24) is 4.98 Å². The van der Waals surface area contributed by atoms with Crippen LogP contribution in [-0.4, -0.2) is 24.4 Å². The molecular weight excluding hydrogens is 307 g/mol. The third kappa shape index (κ3) is 3.52. The smallest absolute Gasteiger partial charge is 0.464 e. The van der Waals surface area contributed by atoms with Crippen LogP contribution in [-0.2, 0) is 4.74 Å². The number of halogens is 3. The van der Waals surface area contributed by atoms with Gasteiger partial charge in [0.1, 0.15) is 10.8 Å². The number of hydrogen-bond acceptors (Lipinski definition) is 5. The molecule has 0 bridgehead atoms. The summed E-state index contributed by atoms with van der Waals surface area (Å²) in [7, 11) is 1.21. The minimum Gasteiger partial charge on any atom is -0.464 e. The maximum atomic E-state index is 12.4. The average molecular weight is 317 g/mol. The van der Waals surface area contributed by atoms with Crippen LogP contribution in [0.25, 0.3) is 10.6 Å². The minimum absolute atomic E-state index is 0.0827. The van der Waals surface area contributed by atoms with E-state index in [1.165, 1.54) is 25.3 Å². The van der Waals surface area contributed by atoms with Crippen molar-refractivity contribution in [3.05, 3.63) is 34.8 Å². The van der Waals surface area contributed by atoms with Gasteiger partial charge in [0.25, 0.3) is 0 Å². The predicted octanol–water partition coefficient (Wildman–Crippen LogP) is 3.80. The first-order valence-corrected chi connectivity index (χ1v) is 6.54. The molecule has 0 amide bonds. The van der Waals surface area contributed by atoms with Crippen molar-refractivity contribution in [3.8, 4) is 16.3 Å². The molecule has 0 atom stereocenters. The second-order valence-electron chi connectivity index (χ2n) is 3.96. The molecule has 0 aliphatic rings. The number of carbonyl (C=O) groups excluding carboxylic acids is 1. The van der Waals surface area contributed by atoms with Crippen molar-refractivity contribution < 1.29 is 27.4 Å². The van der Waals surface area contributed by atoms with Gasteiger partial charge in [-0.05, 0) is 19.1 Å². The molecule has 0 N–H and O–H groups in total. The van der Waals surface area contributed by atoms with Gasteiger partial charge in [0.05, 0.1) is 12.7 Å². The molecule has 0 aliphatic carbocycles. The van der Waals surface area contributed by atoms with E-state index < -0.39 is 12.3 Å². The average Bonchev–Trinajstić information content (AvgIpc) is 2.78. The lowest BCUT2D eigenvalue weighted by Crippen LogP contribution is -2.17. The number of aromatic nitrogens is 1. The van der Waals surface area contributed by atoms with Gasteiger partial charge < -0.3 is 9.47 Å². The third-order valence-electron chi connectivity index (χ3n) is 2.52. The van der Waals surface area contributed by atoms with Gasteiger partial charge in [0.2, 0.25) is 0 Å². The van der Waals surface area contributed by atoms with Crippen LogP contribution in [0.1, 0.15) is 15.4 Å². The summed E-state index contributed by atoms with van der Waals surface area (Å²) in [5.74, 6) is -1.00. The molecule has 1 aromatic heterocycles. The lowest BCUT2D eigenvalue weighted by atomic mass is 10.2. The Labute approximate surface area is 122 Å². The van der Waals surface area contributed by atoms with Gasteiger partial charge in [-0.2, -0.15) is 0 Å². The van der Waals surface area contributed by atoms with E-state index in [1.54, 1.807) is 13.0 Å². The third-order valence-corrected chi connectivity index (χ3v) is 3.52. The van der Waals surface area contributed by atoms with E-state index in [4.69, 9.17) is 0 Å². The Bertz CT molecular complexity index is 667. The topological polar surface area (TPSA) is 48.4 Å². The maximum Gasteiger partial charge on any atom is 0.573 e. The van der Waals surface area contributed by atoms with Gasteiger partial charge in [-0.1, -0.05) is 12.1 Å². The molecule has 0 spiro atoms. The lowest BCUT2D eigenvalue weighted by Gasteiger charge is -2.11. The van der Waals surface area contributed by atoms with Crippen LogP contribution in [0.2, 0.25) is 0 Å². The fourth-order valence-corrected chi connectivity index (χ4v) is 2.59. The summed E-state index contributed by atoms with van der Waals surface area (Å²) in [6, 6.07) is 5.62. The van der Waals surface area contributed by atoms with Crippen molar-refractivity contribution >= 4 is 17.3 Å². The quantitative estimate of drug-likeness (QED) is 0.808. The zero-order valence-corrected chi connectivity index (χ0v) is 11.8. The fourth-order valence-electron chi connectivity index (χ4n) is 1.65. The summed E-state index contributed by atoms with van der Waals surface area (Å²) in [6.45, 7) is 1.64. The number of ether oxygens (including phenoxy) is 2. The highest BCUT2D eigenvalue weighted by Gasteiger charge is 2.32. The van der Waals surface area contributed by atoms with Gasteiger partial charge in [-0.3, -0.25) is 0 Å². The van der Waals surface area contributed by atoms with Crippen LogP contribution in [0, 0.1) is 6.92 Å². The van der Waals surface area contributed by atoms with Crippen LogP contribution in [0.5, 0.6) is 5.75 Å². The zero-order valence-electron chi connectivity index (χ0n) is 11.0. The van der Waals surface area contributed by atoms with Gasteiger partial charge in [-0.15, -0.1) is 24.5 Å². The van der Waals surface area contributed by atoms with E-state index >= 15 is 0 Å². The van der Waals surface area contributed by atoms with Crippen molar-refractivity contribution in [2.75, 3.05) is 7.11 Å². The zero-order chi connectivity index (χ0) is 15.6. The number of para-hydroxylation sites is 1. The Morgan fingerprint density at radius 3 is 2.57 bits per heavy atom. The molecule has 112 valence electrons. The summed E-state index contributed by atoms with van der Waals surface area (Å²) in [5, 5.41) is 0.257. The summed E-state index contributed by atoms with van der Waals surface area (Å²) < 4.78 is 45.7. The molecule has 0 saturated carbocycles. The maximum absolute atomic E-state index is 12.4. The van der Waals surface area contributed by atoms with E-state index in [0.29, 0.717) is 4.88 Å². The van der Waals surface area contributed by atoms with Gasteiger partial charge in [-0.25, -0.2) is 9.78 Å². The van der Waals surface area contributed by atoms with Crippen LogP contribution in [0.3, 0.4) is 0 Å². The van der Waals surface area contributed by atoms with E-state index in [9.17, 15) is 18.0 Å². The van der Waals surface area contributed by atoms with E-state index in [0.717, 1.165) is 11.3 Å². The minimum atomic E-state index is -4.80. The number of methoxy groups -OCH3 is 1. The second-order valence-corrected chi connectivity index (χ2v) is 5.16. The Morgan fingerprint density at radius 1 is 1.29 bits per heavy atom. The summed E-state index contributed by atoms with van der Waals surface area (Å²) in [6.07, 6.45) is -4.80. The summed E-state index contributed by atoms with van der Waals surface area (Å²) in [5.41, 5.74) is 0.248. The first-order chi connectivity index (χ1) is 9.81. The van der Waals surface area contributed by atoms with Gasteiger partial charge in [0.15, 0.2) is 5.69 Å². The highest BCUT2D eigenvalue weighted by Crippen LogP contribution is 2.36. The molecule has 1 heterocycles. The number of esters is 1. The highest BCUT2D eigenvalue weighted by molar-refractivity contribution is 7.15. The summed E-state index contributed by atoms with van der Waals surface area (Å²) in [4.78, 5) is 16.1. The number of alkyl halides is 3. The molecule has 1 aromatic carbocycles. The van der Waals surface area contributed by atoms with Crippen LogP contribution in [0.4, 0.5) is 13.2 Å². The first-order valence-electron chi connectivity index (χ1n) is 5.72. The molecular formula is C13H10F3NO3S. The van der Waals surface area contributed by atoms with Crippen molar-refractivity contribution in [1.29, 1.82) is 0 Å². The molecule has 2 aromatic rings. The molecule has 8 heteroatoms. The monoisotopic (exact) mass is 317 g/mol. The highest BCUT2D eigenvalue weighted by atomic mass is 32.1. The number of nitrogens with zero attached hydrogens (tertiary/aromatic N) is 1. The number of rotatable bonds is 3. The Balaban J connectivity index is 2.45. The van der Waals surface area contributed by atoms with Gasteiger partial charge >= 0.3 is 12.3 Å². The van der Waals surface area contributed by atoms with Crippen molar-refractivity contribution in [2.45, 2.75) is 13.3 Å². The number of carbonyl (C=O) groups is 1. The van der Waals surface area contributed by atoms with Crippen LogP contribution in [0.15, 0.2) is 24.3 Å².